The lowest BCUT2D eigenvalue weighted by atomic mass is 10.1. The molecule has 0 spiro atoms. The van der Waals surface area contributed by atoms with Crippen molar-refractivity contribution in [2.24, 2.45) is 5.73 Å². The number of urea groups is 1. The van der Waals surface area contributed by atoms with Crippen molar-refractivity contribution in [2.75, 3.05) is 13.2 Å². The SMILES string of the molecule is CCCCCCOC(=O)C1(N)C=CN([C@@H]2O[C@H](CO)[C@@H](O)[C@H]2O)C(=O)N1. The molecule has 0 aromatic rings. The van der Waals surface area contributed by atoms with E-state index in [2.05, 4.69) is 12.2 Å². The zero-order valence-electron chi connectivity index (χ0n) is 14.7. The average molecular weight is 373 g/mol. The Labute approximate surface area is 151 Å². The Morgan fingerprint density at radius 2 is 2.12 bits per heavy atom. The summed E-state index contributed by atoms with van der Waals surface area (Å²) in [6, 6.07) is -0.798. The Morgan fingerprint density at radius 3 is 2.69 bits per heavy atom. The predicted octanol–water partition coefficient (Wildman–Crippen LogP) is -1.26. The molecule has 1 saturated heterocycles. The maximum Gasteiger partial charge on any atom is 0.351 e. The monoisotopic (exact) mass is 373 g/mol. The highest BCUT2D eigenvalue weighted by Crippen LogP contribution is 2.26. The third-order valence-electron chi connectivity index (χ3n) is 4.41. The number of ether oxygens (including phenoxy) is 2. The van der Waals surface area contributed by atoms with Gasteiger partial charge in [0.2, 0.25) is 5.66 Å². The molecule has 0 aromatic carbocycles. The van der Waals surface area contributed by atoms with E-state index in [1.807, 2.05) is 0 Å². The van der Waals surface area contributed by atoms with E-state index >= 15 is 0 Å². The Kier molecular flexibility index (Phi) is 6.95. The van der Waals surface area contributed by atoms with E-state index in [4.69, 9.17) is 20.3 Å². The van der Waals surface area contributed by atoms with Crippen LogP contribution >= 0.6 is 0 Å². The summed E-state index contributed by atoms with van der Waals surface area (Å²) in [4.78, 5) is 25.4. The molecule has 1 unspecified atom stereocenters. The van der Waals surface area contributed by atoms with Crippen molar-refractivity contribution >= 4 is 12.0 Å². The molecular formula is C16H27N3O7. The molecule has 0 saturated carbocycles. The summed E-state index contributed by atoms with van der Waals surface area (Å²) < 4.78 is 10.4. The molecule has 26 heavy (non-hydrogen) atoms. The molecule has 10 nitrogen and oxygen atoms in total. The summed E-state index contributed by atoms with van der Waals surface area (Å²) in [6.45, 7) is 1.76. The molecule has 2 heterocycles. The van der Waals surface area contributed by atoms with E-state index in [1.165, 1.54) is 12.3 Å². The van der Waals surface area contributed by atoms with Crippen LogP contribution in [-0.2, 0) is 14.3 Å². The first kappa shape index (κ1) is 20.6. The van der Waals surface area contributed by atoms with Gasteiger partial charge in [-0.1, -0.05) is 26.2 Å². The molecule has 1 fully saturated rings. The number of aliphatic hydroxyl groups excluding tert-OH is 3. The molecule has 148 valence electrons. The van der Waals surface area contributed by atoms with Gasteiger partial charge in [0.1, 0.15) is 18.3 Å². The second-order valence-corrected chi connectivity index (χ2v) is 6.45. The molecule has 2 amide bonds. The van der Waals surface area contributed by atoms with Gasteiger partial charge in [-0.25, -0.2) is 9.59 Å². The molecule has 2 aliphatic heterocycles. The summed E-state index contributed by atoms with van der Waals surface area (Å²) in [5.41, 5.74) is 4.08. The van der Waals surface area contributed by atoms with Crippen LogP contribution in [0.4, 0.5) is 4.79 Å². The summed E-state index contributed by atoms with van der Waals surface area (Å²) in [7, 11) is 0. The smallest absolute Gasteiger partial charge is 0.351 e. The van der Waals surface area contributed by atoms with Gasteiger partial charge in [-0.15, -0.1) is 0 Å². The third-order valence-corrected chi connectivity index (χ3v) is 4.41. The largest absolute Gasteiger partial charge is 0.463 e. The lowest BCUT2D eigenvalue weighted by Crippen LogP contribution is -2.66. The number of aliphatic hydroxyl groups is 3. The first-order chi connectivity index (χ1) is 12.3. The van der Waals surface area contributed by atoms with Gasteiger partial charge in [-0.2, -0.15) is 0 Å². The van der Waals surface area contributed by atoms with Crippen molar-refractivity contribution in [2.45, 2.75) is 62.8 Å². The van der Waals surface area contributed by atoms with Gasteiger partial charge in [0.05, 0.1) is 13.2 Å². The topological polar surface area (TPSA) is 155 Å². The quantitative estimate of drug-likeness (QED) is 0.261. The number of unbranched alkanes of at least 4 members (excludes halogenated alkanes) is 3. The molecule has 2 rings (SSSR count). The number of nitrogens with one attached hydrogen (secondary N) is 1. The first-order valence-electron chi connectivity index (χ1n) is 8.72. The Bertz CT molecular complexity index is 544. The minimum absolute atomic E-state index is 0.208. The van der Waals surface area contributed by atoms with E-state index in [9.17, 15) is 19.8 Å². The average Bonchev–Trinajstić information content (AvgIpc) is 2.89. The number of nitrogens with zero attached hydrogens (tertiary/aromatic N) is 1. The number of amides is 2. The van der Waals surface area contributed by atoms with E-state index in [1.54, 1.807) is 0 Å². The first-order valence-corrected chi connectivity index (χ1v) is 8.72. The number of hydrogen-bond donors (Lipinski definition) is 5. The summed E-state index contributed by atoms with van der Waals surface area (Å²) in [6.07, 6.45) is 1.16. The van der Waals surface area contributed by atoms with Crippen molar-refractivity contribution in [1.29, 1.82) is 0 Å². The van der Waals surface area contributed by atoms with Crippen LogP contribution in [0, 0.1) is 0 Å². The Hall–Kier alpha value is -1.72. The minimum atomic E-state index is -1.82. The van der Waals surface area contributed by atoms with Crippen molar-refractivity contribution < 1.29 is 34.4 Å². The number of nitrogens with two attached hydrogens (primary N) is 1. The molecule has 5 atom stereocenters. The van der Waals surface area contributed by atoms with Crippen LogP contribution in [-0.4, -0.2) is 75.6 Å². The van der Waals surface area contributed by atoms with Gasteiger partial charge in [-0.05, 0) is 12.5 Å². The summed E-state index contributed by atoms with van der Waals surface area (Å²) >= 11 is 0. The van der Waals surface area contributed by atoms with Gasteiger partial charge in [0.25, 0.3) is 0 Å². The molecule has 0 bridgehead atoms. The number of carbonyl (C=O) groups excluding carboxylic acids is 2. The van der Waals surface area contributed by atoms with E-state index in [0.717, 1.165) is 24.2 Å². The highest BCUT2D eigenvalue weighted by atomic mass is 16.6. The second-order valence-electron chi connectivity index (χ2n) is 6.45. The fourth-order valence-corrected chi connectivity index (χ4v) is 2.79. The van der Waals surface area contributed by atoms with E-state index < -0.39 is 48.8 Å². The van der Waals surface area contributed by atoms with Crippen molar-refractivity contribution in [1.82, 2.24) is 10.2 Å². The highest BCUT2D eigenvalue weighted by Gasteiger charge is 2.49. The number of carbonyl (C=O) groups is 2. The van der Waals surface area contributed by atoms with Crippen LogP contribution in [0.15, 0.2) is 12.3 Å². The van der Waals surface area contributed by atoms with Crippen LogP contribution in [0.2, 0.25) is 0 Å². The zero-order chi connectivity index (χ0) is 19.3. The van der Waals surface area contributed by atoms with Crippen molar-refractivity contribution in [3.63, 3.8) is 0 Å². The van der Waals surface area contributed by atoms with Gasteiger partial charge in [0, 0.05) is 6.20 Å². The fourth-order valence-electron chi connectivity index (χ4n) is 2.79. The summed E-state index contributed by atoms with van der Waals surface area (Å²) in [5.74, 6) is -0.792. The highest BCUT2D eigenvalue weighted by molar-refractivity contribution is 5.90. The van der Waals surface area contributed by atoms with E-state index in [-0.39, 0.29) is 6.61 Å². The maximum absolute atomic E-state index is 12.3. The lowest BCUT2D eigenvalue weighted by molar-refractivity contribution is -0.149. The third kappa shape index (κ3) is 4.33. The molecule has 6 N–H and O–H groups in total. The standard InChI is InChI=1S/C16H27N3O7/c1-2-3-4-5-8-25-14(23)16(17)6-7-19(15(24)18-16)13-12(22)11(21)10(9-20)26-13/h6-7,10-13,20-22H,2-5,8-9,17H2,1H3,(H,18,24)/t10-,11-,12-,13-,16?/m1/s1. The van der Waals surface area contributed by atoms with Crippen LogP contribution < -0.4 is 11.1 Å². The van der Waals surface area contributed by atoms with Gasteiger partial charge >= 0.3 is 12.0 Å². The molecule has 0 radical (unpaired) electrons. The normalized spacial score (nSPS) is 34.0. The second kappa shape index (κ2) is 8.78. The summed E-state index contributed by atoms with van der Waals surface area (Å²) in [5, 5.41) is 31.2. The molecular weight excluding hydrogens is 346 g/mol. The van der Waals surface area contributed by atoms with Crippen molar-refractivity contribution in [3.05, 3.63) is 12.3 Å². The van der Waals surface area contributed by atoms with Crippen molar-refractivity contribution in [3.8, 4) is 0 Å². The molecule has 10 heteroatoms. The lowest BCUT2D eigenvalue weighted by Gasteiger charge is -2.36. The molecule has 0 aliphatic carbocycles. The Balaban J connectivity index is 1.97. The Morgan fingerprint density at radius 1 is 1.38 bits per heavy atom. The number of esters is 1. The maximum atomic E-state index is 12.3. The van der Waals surface area contributed by atoms with E-state index in [0.29, 0.717) is 6.42 Å². The molecule has 2 aliphatic rings. The molecule has 0 aromatic heterocycles. The zero-order valence-corrected chi connectivity index (χ0v) is 14.7. The van der Waals surface area contributed by atoms with Gasteiger partial charge in [-0.3, -0.25) is 10.6 Å². The minimum Gasteiger partial charge on any atom is -0.463 e. The van der Waals surface area contributed by atoms with Gasteiger partial charge < -0.3 is 30.1 Å². The van der Waals surface area contributed by atoms with Crippen LogP contribution in [0.5, 0.6) is 0 Å². The number of rotatable bonds is 8. The van der Waals surface area contributed by atoms with Gasteiger partial charge in [0.15, 0.2) is 6.23 Å². The van der Waals surface area contributed by atoms with Crippen LogP contribution in [0.25, 0.3) is 0 Å². The number of hydrogen-bond acceptors (Lipinski definition) is 8. The van der Waals surface area contributed by atoms with Crippen LogP contribution in [0.1, 0.15) is 32.6 Å². The fraction of sp³-hybridized carbons (Fsp3) is 0.750. The predicted molar refractivity (Wildman–Crippen MR) is 89.3 cm³/mol. The van der Waals surface area contributed by atoms with Crippen LogP contribution in [0.3, 0.4) is 0 Å².